The summed E-state index contributed by atoms with van der Waals surface area (Å²) >= 11 is 0. The third-order valence-corrected chi connectivity index (χ3v) is 5.17. The van der Waals surface area contributed by atoms with Crippen molar-refractivity contribution in [2.24, 2.45) is 5.92 Å². The third-order valence-electron chi connectivity index (χ3n) is 5.17. The molecule has 1 saturated heterocycles. The van der Waals surface area contributed by atoms with E-state index in [4.69, 9.17) is 0 Å². The van der Waals surface area contributed by atoms with Crippen molar-refractivity contribution in [3.05, 3.63) is 59.8 Å². The number of carboxylic acid groups (broad SMARTS) is 1. The average Bonchev–Trinajstić information content (AvgIpc) is 2.78. The van der Waals surface area contributed by atoms with Gasteiger partial charge in [0.25, 0.3) is 0 Å². The van der Waals surface area contributed by atoms with Crippen LogP contribution in [-0.4, -0.2) is 59.6 Å². The van der Waals surface area contributed by atoms with Gasteiger partial charge in [-0.15, -0.1) is 0 Å². The Balaban J connectivity index is 1.49. The van der Waals surface area contributed by atoms with E-state index in [1.165, 1.54) is 0 Å². The number of piperazine rings is 1. The second kappa shape index (κ2) is 10.4. The highest BCUT2D eigenvalue weighted by Crippen LogP contribution is 2.19. The first-order valence-corrected chi connectivity index (χ1v) is 9.92. The largest absolute Gasteiger partial charge is 0.481 e. The van der Waals surface area contributed by atoms with Crippen molar-refractivity contribution in [3.8, 4) is 6.07 Å². The fraction of sp³-hybridized carbons (Fsp3) is 0.364. The summed E-state index contributed by atoms with van der Waals surface area (Å²) < 4.78 is 0. The summed E-state index contributed by atoms with van der Waals surface area (Å²) in [6, 6.07) is 15.1. The summed E-state index contributed by atoms with van der Waals surface area (Å²) in [7, 11) is 0. The molecule has 1 fully saturated rings. The predicted molar refractivity (Wildman–Crippen MR) is 112 cm³/mol. The Bertz CT molecular complexity index is 904. The lowest BCUT2D eigenvalue weighted by Crippen LogP contribution is -2.49. The number of hydrogen-bond acceptors (Lipinski definition) is 6. The Labute approximate surface area is 175 Å². The van der Waals surface area contributed by atoms with Crippen molar-refractivity contribution in [2.45, 2.75) is 13.0 Å². The van der Waals surface area contributed by atoms with E-state index >= 15 is 0 Å². The van der Waals surface area contributed by atoms with Gasteiger partial charge in [-0.1, -0.05) is 30.3 Å². The Morgan fingerprint density at radius 3 is 2.53 bits per heavy atom. The lowest BCUT2D eigenvalue weighted by atomic mass is 10.0. The van der Waals surface area contributed by atoms with Crippen LogP contribution in [0, 0.1) is 17.2 Å². The van der Waals surface area contributed by atoms with Gasteiger partial charge in [-0.25, -0.2) is 4.98 Å². The molecule has 1 atom stereocenters. The fourth-order valence-electron chi connectivity index (χ4n) is 3.51. The van der Waals surface area contributed by atoms with Crippen LogP contribution in [0.2, 0.25) is 0 Å². The molecule has 3 rings (SSSR count). The number of benzene rings is 1. The van der Waals surface area contributed by atoms with E-state index in [9.17, 15) is 20.0 Å². The average molecular weight is 407 g/mol. The minimum Gasteiger partial charge on any atom is -0.481 e. The summed E-state index contributed by atoms with van der Waals surface area (Å²) in [4.78, 5) is 32.3. The Morgan fingerprint density at radius 1 is 1.13 bits per heavy atom. The molecule has 1 aliphatic heterocycles. The number of nitrogens with zero attached hydrogens (tertiary/aromatic N) is 4. The summed E-state index contributed by atoms with van der Waals surface area (Å²) in [6.45, 7) is 3.30. The van der Waals surface area contributed by atoms with Gasteiger partial charge < -0.3 is 15.3 Å². The topological polar surface area (TPSA) is 110 Å². The van der Waals surface area contributed by atoms with Crippen LogP contribution in [0.25, 0.3) is 0 Å². The van der Waals surface area contributed by atoms with E-state index < -0.39 is 11.9 Å². The normalized spacial score (nSPS) is 15.2. The number of amides is 1. The van der Waals surface area contributed by atoms with E-state index in [-0.39, 0.29) is 12.3 Å². The molecule has 8 heteroatoms. The van der Waals surface area contributed by atoms with Crippen LogP contribution in [-0.2, 0) is 16.1 Å². The van der Waals surface area contributed by atoms with E-state index in [1.807, 2.05) is 35.2 Å². The van der Waals surface area contributed by atoms with E-state index in [0.29, 0.717) is 50.6 Å². The van der Waals surface area contributed by atoms with Crippen molar-refractivity contribution in [1.82, 2.24) is 15.2 Å². The summed E-state index contributed by atoms with van der Waals surface area (Å²) in [6.07, 6.45) is 1.61. The van der Waals surface area contributed by atoms with Gasteiger partial charge >= 0.3 is 5.97 Å². The summed E-state index contributed by atoms with van der Waals surface area (Å²) in [5.74, 6) is -1.34. The van der Waals surface area contributed by atoms with Crippen molar-refractivity contribution in [1.29, 1.82) is 5.26 Å². The summed E-state index contributed by atoms with van der Waals surface area (Å²) in [5.41, 5.74) is 1.50. The standard InChI is InChI=1S/C22H25N5O3/c23-14-18-7-4-8-24-21(18)27-11-9-26(10-12-27)16-19(22(29)30)13-20(28)25-15-17-5-2-1-3-6-17/h1-8,19H,9-13,15-16H2,(H,25,28)(H,29,30)/t19-/m1/s1. The number of carbonyl (C=O) groups is 2. The molecule has 2 N–H and O–H groups in total. The molecule has 0 aliphatic carbocycles. The van der Waals surface area contributed by atoms with Gasteiger partial charge in [0, 0.05) is 51.9 Å². The van der Waals surface area contributed by atoms with Gasteiger partial charge in [0.2, 0.25) is 5.91 Å². The number of nitrogens with one attached hydrogen (secondary N) is 1. The molecule has 1 aromatic carbocycles. The molecule has 0 saturated carbocycles. The predicted octanol–water partition coefficient (Wildman–Crippen LogP) is 1.48. The zero-order valence-corrected chi connectivity index (χ0v) is 16.7. The molecule has 8 nitrogen and oxygen atoms in total. The van der Waals surface area contributed by atoms with Gasteiger partial charge in [0.1, 0.15) is 11.9 Å². The van der Waals surface area contributed by atoms with Crippen molar-refractivity contribution >= 4 is 17.7 Å². The molecule has 0 radical (unpaired) electrons. The van der Waals surface area contributed by atoms with Gasteiger partial charge in [-0.2, -0.15) is 5.26 Å². The number of anilines is 1. The van der Waals surface area contributed by atoms with Crippen LogP contribution in [0.5, 0.6) is 0 Å². The molecular weight excluding hydrogens is 382 g/mol. The minimum absolute atomic E-state index is 0.0544. The number of hydrogen-bond donors (Lipinski definition) is 2. The highest BCUT2D eigenvalue weighted by atomic mass is 16.4. The number of nitriles is 1. The second-order valence-corrected chi connectivity index (χ2v) is 7.28. The second-order valence-electron chi connectivity index (χ2n) is 7.28. The van der Waals surface area contributed by atoms with Crippen LogP contribution in [0.15, 0.2) is 48.7 Å². The molecule has 0 spiro atoms. The zero-order chi connectivity index (χ0) is 21.3. The zero-order valence-electron chi connectivity index (χ0n) is 16.7. The highest BCUT2D eigenvalue weighted by Gasteiger charge is 2.27. The van der Waals surface area contributed by atoms with Gasteiger partial charge in [0.15, 0.2) is 0 Å². The van der Waals surface area contributed by atoms with Crippen molar-refractivity contribution in [2.75, 3.05) is 37.6 Å². The molecular formula is C22H25N5O3. The van der Waals surface area contributed by atoms with Crippen molar-refractivity contribution in [3.63, 3.8) is 0 Å². The van der Waals surface area contributed by atoms with E-state index in [1.54, 1.807) is 18.3 Å². The minimum atomic E-state index is -0.969. The van der Waals surface area contributed by atoms with Crippen LogP contribution in [0.1, 0.15) is 17.5 Å². The van der Waals surface area contributed by atoms with Crippen LogP contribution in [0.3, 0.4) is 0 Å². The first-order chi connectivity index (χ1) is 14.6. The van der Waals surface area contributed by atoms with Gasteiger partial charge in [-0.05, 0) is 17.7 Å². The third kappa shape index (κ3) is 5.78. The van der Waals surface area contributed by atoms with Crippen LogP contribution < -0.4 is 10.2 Å². The molecule has 1 amide bonds. The molecule has 156 valence electrons. The molecule has 2 aromatic rings. The lowest BCUT2D eigenvalue weighted by molar-refractivity contribution is -0.144. The first-order valence-electron chi connectivity index (χ1n) is 9.92. The Hall–Kier alpha value is -3.44. The van der Waals surface area contributed by atoms with Crippen molar-refractivity contribution < 1.29 is 14.7 Å². The Kier molecular flexibility index (Phi) is 7.35. The molecule has 1 aliphatic rings. The number of rotatable bonds is 8. The molecule has 30 heavy (non-hydrogen) atoms. The SMILES string of the molecule is N#Cc1cccnc1N1CCN(C[C@@H](CC(=O)NCc2ccccc2)C(=O)O)CC1. The van der Waals surface area contributed by atoms with Gasteiger partial charge in [-0.3, -0.25) is 14.5 Å². The number of aromatic nitrogens is 1. The monoisotopic (exact) mass is 407 g/mol. The maximum absolute atomic E-state index is 12.2. The number of carbonyl (C=O) groups excluding carboxylic acids is 1. The Morgan fingerprint density at radius 2 is 1.87 bits per heavy atom. The van der Waals surface area contributed by atoms with Crippen LogP contribution >= 0.6 is 0 Å². The highest BCUT2D eigenvalue weighted by molar-refractivity contribution is 5.82. The maximum atomic E-state index is 12.2. The maximum Gasteiger partial charge on any atom is 0.308 e. The lowest BCUT2D eigenvalue weighted by Gasteiger charge is -2.36. The van der Waals surface area contributed by atoms with Crippen LogP contribution in [0.4, 0.5) is 5.82 Å². The molecule has 1 aromatic heterocycles. The van der Waals surface area contributed by atoms with Gasteiger partial charge in [0.05, 0.1) is 11.5 Å². The smallest absolute Gasteiger partial charge is 0.308 e. The number of aliphatic carboxylic acids is 1. The molecule has 2 heterocycles. The summed E-state index contributed by atoms with van der Waals surface area (Å²) in [5, 5.41) is 21.6. The molecule has 0 unspecified atom stereocenters. The number of pyridine rings is 1. The van der Waals surface area contributed by atoms with E-state index in [2.05, 4.69) is 21.3 Å². The molecule has 0 bridgehead atoms. The first kappa shape index (κ1) is 21.3. The quantitative estimate of drug-likeness (QED) is 0.682. The fourth-order valence-corrected chi connectivity index (χ4v) is 3.51. The number of carboxylic acids is 1. The van der Waals surface area contributed by atoms with E-state index in [0.717, 1.165) is 5.56 Å².